The van der Waals surface area contributed by atoms with Crippen LogP contribution in [0, 0.1) is 0 Å². The van der Waals surface area contributed by atoms with Gasteiger partial charge in [0.2, 0.25) is 9.84 Å². The van der Waals surface area contributed by atoms with E-state index >= 15 is 0 Å². The highest BCUT2D eigenvalue weighted by Crippen LogP contribution is 2.35. The Hall–Kier alpha value is -2.05. The molecule has 0 unspecified atom stereocenters. The molecule has 0 bridgehead atoms. The lowest BCUT2D eigenvalue weighted by atomic mass is 10.2. The third-order valence-corrected chi connectivity index (χ3v) is 6.18. The van der Waals surface area contributed by atoms with Crippen molar-refractivity contribution in [3.63, 3.8) is 0 Å². The Morgan fingerprint density at radius 2 is 1.79 bits per heavy atom. The second-order valence-electron chi connectivity index (χ2n) is 6.13. The van der Waals surface area contributed by atoms with E-state index in [9.17, 15) is 8.42 Å². The Bertz CT molecular complexity index is 831. The largest absolute Gasteiger partial charge is 0.486 e. The topological polar surface area (TPSA) is 55.8 Å². The molecule has 0 radical (unpaired) electrons. The van der Waals surface area contributed by atoms with E-state index in [0.29, 0.717) is 18.1 Å². The molecule has 1 saturated heterocycles. The summed E-state index contributed by atoms with van der Waals surface area (Å²) in [6, 6.07) is 13.2. The first-order valence-corrected chi connectivity index (χ1v) is 9.57. The fraction of sp³-hybridized carbons (Fsp3) is 0.333. The van der Waals surface area contributed by atoms with E-state index in [0.717, 1.165) is 19.6 Å². The maximum Gasteiger partial charge on any atom is 0.206 e. The van der Waals surface area contributed by atoms with Gasteiger partial charge in [0.05, 0.1) is 9.79 Å². The molecule has 2 aromatic carbocycles. The summed E-state index contributed by atoms with van der Waals surface area (Å²) in [7, 11) is -3.55. The molecule has 2 aliphatic rings. The first-order chi connectivity index (χ1) is 11.6. The number of sulfone groups is 1. The van der Waals surface area contributed by atoms with Crippen LogP contribution < -0.4 is 9.47 Å². The van der Waals surface area contributed by atoms with Crippen molar-refractivity contribution in [2.24, 2.45) is 0 Å². The molecule has 6 heteroatoms. The van der Waals surface area contributed by atoms with E-state index in [2.05, 4.69) is 4.90 Å². The molecule has 5 nitrogen and oxygen atoms in total. The Morgan fingerprint density at radius 1 is 1.00 bits per heavy atom. The zero-order valence-corrected chi connectivity index (χ0v) is 14.0. The van der Waals surface area contributed by atoms with Gasteiger partial charge in [0.1, 0.15) is 12.7 Å². The maximum atomic E-state index is 12.7. The first kappa shape index (κ1) is 15.5. The summed E-state index contributed by atoms with van der Waals surface area (Å²) in [5, 5.41) is 0. The van der Waals surface area contributed by atoms with E-state index in [1.54, 1.807) is 48.5 Å². The standard InChI is InChI=1S/C18H19NO4S/c20-24(21,15-5-2-1-3-6-15)16-7-8-17-18(11-16)23-14(13-22-17)12-19-9-4-10-19/h1-3,5-8,11,14H,4,9-10,12-13H2/t14-/m0/s1. The molecule has 2 heterocycles. The summed E-state index contributed by atoms with van der Waals surface area (Å²) >= 11 is 0. The molecule has 24 heavy (non-hydrogen) atoms. The predicted molar refractivity (Wildman–Crippen MR) is 89.3 cm³/mol. The Kier molecular flexibility index (Phi) is 3.94. The molecule has 1 fully saturated rings. The average molecular weight is 345 g/mol. The summed E-state index contributed by atoms with van der Waals surface area (Å²) < 4.78 is 37.2. The van der Waals surface area contributed by atoms with Crippen molar-refractivity contribution in [2.45, 2.75) is 22.3 Å². The van der Waals surface area contributed by atoms with Gasteiger partial charge in [-0.05, 0) is 43.8 Å². The number of hydrogen-bond donors (Lipinski definition) is 0. The fourth-order valence-corrected chi connectivity index (χ4v) is 4.24. The molecule has 4 rings (SSSR count). The van der Waals surface area contributed by atoms with Gasteiger partial charge in [-0.25, -0.2) is 8.42 Å². The van der Waals surface area contributed by atoms with Crippen LogP contribution in [0.5, 0.6) is 11.5 Å². The zero-order chi connectivity index (χ0) is 16.6. The van der Waals surface area contributed by atoms with Crippen LogP contribution in [0.4, 0.5) is 0 Å². The van der Waals surface area contributed by atoms with Gasteiger partial charge in [0, 0.05) is 12.6 Å². The van der Waals surface area contributed by atoms with Crippen LogP contribution in [0.2, 0.25) is 0 Å². The minimum atomic E-state index is -3.55. The van der Waals surface area contributed by atoms with Crippen LogP contribution >= 0.6 is 0 Å². The lowest BCUT2D eigenvalue weighted by Gasteiger charge is -2.35. The van der Waals surface area contributed by atoms with Crippen LogP contribution in [0.25, 0.3) is 0 Å². The predicted octanol–water partition coefficient (Wildman–Crippen LogP) is 2.36. The number of likely N-dealkylation sites (tertiary alicyclic amines) is 1. The summed E-state index contributed by atoms with van der Waals surface area (Å²) in [5.41, 5.74) is 0. The van der Waals surface area contributed by atoms with Gasteiger partial charge < -0.3 is 9.47 Å². The highest BCUT2D eigenvalue weighted by molar-refractivity contribution is 7.91. The first-order valence-electron chi connectivity index (χ1n) is 8.09. The number of hydrogen-bond acceptors (Lipinski definition) is 5. The molecule has 0 amide bonds. The van der Waals surface area contributed by atoms with Crippen molar-refractivity contribution in [2.75, 3.05) is 26.2 Å². The Morgan fingerprint density at radius 3 is 2.50 bits per heavy atom. The minimum Gasteiger partial charge on any atom is -0.486 e. The van der Waals surface area contributed by atoms with Gasteiger partial charge >= 0.3 is 0 Å². The minimum absolute atomic E-state index is 0.0625. The molecule has 0 spiro atoms. The fourth-order valence-electron chi connectivity index (χ4n) is 2.94. The molecule has 0 aliphatic carbocycles. The molecule has 2 aromatic rings. The van der Waals surface area contributed by atoms with Crippen molar-refractivity contribution in [1.82, 2.24) is 4.90 Å². The van der Waals surface area contributed by atoms with Gasteiger partial charge in [-0.1, -0.05) is 18.2 Å². The Balaban J connectivity index is 1.60. The highest BCUT2D eigenvalue weighted by Gasteiger charge is 2.27. The van der Waals surface area contributed by atoms with Crippen LogP contribution in [0.1, 0.15) is 6.42 Å². The summed E-state index contributed by atoms with van der Waals surface area (Å²) in [6.07, 6.45) is 1.16. The molecular formula is C18H19NO4S. The molecule has 0 saturated carbocycles. The van der Waals surface area contributed by atoms with E-state index in [1.807, 2.05) is 0 Å². The third kappa shape index (κ3) is 2.87. The van der Waals surface area contributed by atoms with Crippen molar-refractivity contribution in [3.8, 4) is 11.5 Å². The summed E-state index contributed by atoms with van der Waals surface area (Å²) in [4.78, 5) is 2.81. The Labute approximate surface area is 141 Å². The number of rotatable bonds is 4. The van der Waals surface area contributed by atoms with Gasteiger partial charge in [0.15, 0.2) is 11.5 Å². The van der Waals surface area contributed by atoms with E-state index in [-0.39, 0.29) is 15.9 Å². The van der Waals surface area contributed by atoms with E-state index in [1.165, 1.54) is 6.42 Å². The summed E-state index contributed by atoms with van der Waals surface area (Å²) in [6.45, 7) is 3.49. The van der Waals surface area contributed by atoms with E-state index in [4.69, 9.17) is 9.47 Å². The van der Waals surface area contributed by atoms with Gasteiger partial charge in [-0.15, -0.1) is 0 Å². The summed E-state index contributed by atoms with van der Waals surface area (Å²) in [5.74, 6) is 1.10. The lowest BCUT2D eigenvalue weighted by molar-refractivity contribution is 0.0401. The molecule has 1 atom stereocenters. The third-order valence-electron chi connectivity index (χ3n) is 4.41. The van der Waals surface area contributed by atoms with Crippen LogP contribution in [-0.2, 0) is 9.84 Å². The normalized spacial score (nSPS) is 20.4. The zero-order valence-electron chi connectivity index (χ0n) is 13.2. The van der Waals surface area contributed by atoms with Crippen LogP contribution in [-0.4, -0.2) is 45.7 Å². The number of nitrogens with zero attached hydrogens (tertiary/aromatic N) is 1. The van der Waals surface area contributed by atoms with Crippen molar-refractivity contribution in [1.29, 1.82) is 0 Å². The van der Waals surface area contributed by atoms with Gasteiger partial charge in [-0.2, -0.15) is 0 Å². The van der Waals surface area contributed by atoms with Crippen molar-refractivity contribution < 1.29 is 17.9 Å². The second kappa shape index (κ2) is 6.11. The van der Waals surface area contributed by atoms with Crippen LogP contribution in [0.3, 0.4) is 0 Å². The molecule has 0 N–H and O–H groups in total. The van der Waals surface area contributed by atoms with Crippen LogP contribution in [0.15, 0.2) is 58.3 Å². The smallest absolute Gasteiger partial charge is 0.206 e. The molecular weight excluding hydrogens is 326 g/mol. The number of benzene rings is 2. The van der Waals surface area contributed by atoms with Gasteiger partial charge in [-0.3, -0.25) is 4.90 Å². The number of fused-ring (bicyclic) bond motifs is 1. The monoisotopic (exact) mass is 345 g/mol. The SMILES string of the molecule is O=S(=O)(c1ccccc1)c1ccc2c(c1)O[C@@H](CN1CCC1)CO2. The maximum absolute atomic E-state index is 12.7. The second-order valence-corrected chi connectivity index (χ2v) is 8.08. The molecule has 0 aromatic heterocycles. The van der Waals surface area contributed by atoms with Crippen molar-refractivity contribution >= 4 is 9.84 Å². The van der Waals surface area contributed by atoms with E-state index < -0.39 is 9.84 Å². The lowest BCUT2D eigenvalue weighted by Crippen LogP contribution is -2.46. The van der Waals surface area contributed by atoms with Crippen molar-refractivity contribution in [3.05, 3.63) is 48.5 Å². The number of ether oxygens (including phenoxy) is 2. The molecule has 2 aliphatic heterocycles. The average Bonchev–Trinajstić information content (AvgIpc) is 2.58. The van der Waals surface area contributed by atoms with Gasteiger partial charge in [0.25, 0.3) is 0 Å². The quantitative estimate of drug-likeness (QED) is 0.851. The molecule has 126 valence electrons. The highest BCUT2D eigenvalue weighted by atomic mass is 32.2.